The van der Waals surface area contributed by atoms with Gasteiger partial charge in [0.2, 0.25) is 0 Å². The van der Waals surface area contributed by atoms with E-state index >= 15 is 0 Å². The predicted molar refractivity (Wildman–Crippen MR) is 129 cm³/mol. The van der Waals surface area contributed by atoms with Gasteiger partial charge in [0.25, 0.3) is 0 Å². The number of hydrogen-bond acceptors (Lipinski definition) is 7. The molecular formula is C23H30ClFN8. The van der Waals surface area contributed by atoms with Crippen LogP contribution in [0.1, 0.15) is 35.8 Å². The molecule has 0 amide bonds. The van der Waals surface area contributed by atoms with E-state index in [-0.39, 0.29) is 18.4 Å². The number of aromatic amines is 1. The average molecular weight is 473 g/mol. The Balaban J connectivity index is 0.00000259. The second-order valence-corrected chi connectivity index (χ2v) is 8.50. The number of pyridine rings is 1. The first kappa shape index (κ1) is 23.4. The van der Waals surface area contributed by atoms with Crippen LogP contribution in [-0.4, -0.2) is 75.5 Å². The van der Waals surface area contributed by atoms with Crippen molar-refractivity contribution < 1.29 is 4.39 Å². The summed E-state index contributed by atoms with van der Waals surface area (Å²) in [6.07, 6.45) is 7.65. The monoisotopic (exact) mass is 472 g/mol. The lowest BCUT2D eigenvalue weighted by Gasteiger charge is -2.40. The summed E-state index contributed by atoms with van der Waals surface area (Å²) in [5.74, 6) is 1.78. The van der Waals surface area contributed by atoms with Crippen molar-refractivity contribution in [2.75, 3.05) is 49.1 Å². The number of hydrogen-bond donors (Lipinski definition) is 1. The number of aromatic nitrogens is 5. The maximum absolute atomic E-state index is 13.6. The van der Waals surface area contributed by atoms with Gasteiger partial charge in [0.1, 0.15) is 6.17 Å². The first-order valence-corrected chi connectivity index (χ1v) is 11.3. The fourth-order valence-corrected chi connectivity index (χ4v) is 4.74. The molecule has 0 aromatic carbocycles. The van der Waals surface area contributed by atoms with Crippen LogP contribution < -0.4 is 9.80 Å². The highest BCUT2D eigenvalue weighted by Crippen LogP contribution is 2.32. The lowest BCUT2D eigenvalue weighted by Crippen LogP contribution is -2.49. The van der Waals surface area contributed by atoms with Crippen LogP contribution in [0.2, 0.25) is 0 Å². The molecule has 1 atom stereocenters. The Morgan fingerprint density at radius 2 is 1.58 bits per heavy atom. The standard InChI is InChI=1S/C23H29FN8.ClH/c1-17-19(16-28-29-17)21(20-4-2-3-7-25-20)30-12-14-32(15-13-30)23-22(26-8-9-27-23)31-10-5-18(24)6-11-31;/h2-4,7-9,16,18,21H,5-6,10-15H2,1H3,(H,28,29);1H. The maximum Gasteiger partial charge on any atom is 0.172 e. The van der Waals surface area contributed by atoms with Gasteiger partial charge in [0.15, 0.2) is 11.6 Å². The van der Waals surface area contributed by atoms with Gasteiger partial charge in [-0.05, 0) is 31.9 Å². The van der Waals surface area contributed by atoms with Crippen molar-refractivity contribution in [2.24, 2.45) is 0 Å². The lowest BCUT2D eigenvalue weighted by atomic mass is 10.0. The van der Waals surface area contributed by atoms with Gasteiger partial charge < -0.3 is 9.80 Å². The van der Waals surface area contributed by atoms with Crippen molar-refractivity contribution in [3.8, 4) is 0 Å². The number of rotatable bonds is 5. The Labute approximate surface area is 199 Å². The largest absolute Gasteiger partial charge is 0.353 e. The molecule has 8 nitrogen and oxygen atoms in total. The number of nitrogens with one attached hydrogen (secondary N) is 1. The van der Waals surface area contributed by atoms with E-state index in [4.69, 9.17) is 0 Å². The molecule has 176 valence electrons. The summed E-state index contributed by atoms with van der Waals surface area (Å²) in [4.78, 5) is 20.9. The van der Waals surface area contributed by atoms with Crippen molar-refractivity contribution in [3.63, 3.8) is 0 Å². The topological polar surface area (TPSA) is 77.1 Å². The quantitative estimate of drug-likeness (QED) is 0.611. The molecule has 33 heavy (non-hydrogen) atoms. The van der Waals surface area contributed by atoms with Gasteiger partial charge in [0.05, 0.1) is 17.9 Å². The molecule has 2 aliphatic rings. The smallest absolute Gasteiger partial charge is 0.172 e. The Kier molecular flexibility index (Phi) is 7.39. The maximum atomic E-state index is 13.6. The fourth-order valence-electron chi connectivity index (χ4n) is 4.74. The summed E-state index contributed by atoms with van der Waals surface area (Å²) in [5, 5.41) is 7.33. The van der Waals surface area contributed by atoms with Crippen LogP contribution in [0, 0.1) is 6.92 Å². The Morgan fingerprint density at radius 3 is 2.15 bits per heavy atom. The van der Waals surface area contributed by atoms with Gasteiger partial charge in [-0.2, -0.15) is 5.10 Å². The van der Waals surface area contributed by atoms with Crippen molar-refractivity contribution in [3.05, 3.63) is 59.9 Å². The summed E-state index contributed by atoms with van der Waals surface area (Å²) in [7, 11) is 0. The zero-order chi connectivity index (χ0) is 21.9. The van der Waals surface area contributed by atoms with Crippen LogP contribution in [0.3, 0.4) is 0 Å². The predicted octanol–water partition coefficient (Wildman–Crippen LogP) is 3.17. The van der Waals surface area contributed by atoms with E-state index in [1.54, 1.807) is 12.4 Å². The average Bonchev–Trinajstić information content (AvgIpc) is 3.26. The third-order valence-corrected chi connectivity index (χ3v) is 6.49. The van der Waals surface area contributed by atoms with Gasteiger partial charge in [-0.15, -0.1) is 12.4 Å². The van der Waals surface area contributed by atoms with Crippen molar-refractivity contribution in [1.29, 1.82) is 0 Å². The Bertz CT molecular complexity index is 1020. The Morgan fingerprint density at radius 1 is 0.909 bits per heavy atom. The minimum absolute atomic E-state index is 0. The number of nitrogens with zero attached hydrogens (tertiary/aromatic N) is 7. The zero-order valence-electron chi connectivity index (χ0n) is 18.8. The van der Waals surface area contributed by atoms with Gasteiger partial charge >= 0.3 is 0 Å². The number of piperazine rings is 1. The molecule has 0 saturated carbocycles. The molecular weight excluding hydrogens is 443 g/mol. The summed E-state index contributed by atoms with van der Waals surface area (Å²) in [5.41, 5.74) is 3.25. The van der Waals surface area contributed by atoms with Gasteiger partial charge in [-0.1, -0.05) is 6.07 Å². The van der Waals surface area contributed by atoms with Gasteiger partial charge in [-0.3, -0.25) is 15.0 Å². The van der Waals surface area contributed by atoms with Crippen LogP contribution in [0.5, 0.6) is 0 Å². The molecule has 2 fully saturated rings. The van der Waals surface area contributed by atoms with E-state index in [9.17, 15) is 4.39 Å². The molecule has 0 aliphatic carbocycles. The summed E-state index contributed by atoms with van der Waals surface area (Å²) in [6, 6.07) is 6.12. The highest BCUT2D eigenvalue weighted by molar-refractivity contribution is 5.85. The van der Waals surface area contributed by atoms with Crippen LogP contribution >= 0.6 is 12.4 Å². The van der Waals surface area contributed by atoms with E-state index in [1.807, 2.05) is 24.5 Å². The first-order chi connectivity index (χ1) is 15.7. The molecule has 0 spiro atoms. The van der Waals surface area contributed by atoms with Crippen molar-refractivity contribution >= 4 is 24.0 Å². The molecule has 10 heteroatoms. The van der Waals surface area contributed by atoms with Crippen LogP contribution in [-0.2, 0) is 0 Å². The van der Waals surface area contributed by atoms with Gasteiger partial charge in [0, 0.05) is 69.1 Å². The molecule has 2 aliphatic heterocycles. The minimum atomic E-state index is -0.704. The van der Waals surface area contributed by atoms with E-state index in [1.165, 1.54) is 0 Å². The summed E-state index contributed by atoms with van der Waals surface area (Å²) < 4.78 is 13.6. The molecule has 0 bridgehead atoms. The number of H-pyrrole nitrogens is 1. The molecule has 1 unspecified atom stereocenters. The molecule has 0 radical (unpaired) electrons. The van der Waals surface area contributed by atoms with E-state index in [2.05, 4.69) is 52.8 Å². The van der Waals surface area contributed by atoms with Crippen LogP contribution in [0.4, 0.5) is 16.0 Å². The number of anilines is 2. The number of alkyl halides is 1. The molecule has 2 saturated heterocycles. The molecule has 5 rings (SSSR count). The number of aryl methyl sites for hydroxylation is 1. The summed E-state index contributed by atoms with van der Waals surface area (Å²) >= 11 is 0. The van der Waals surface area contributed by atoms with Crippen molar-refractivity contribution in [1.82, 2.24) is 30.0 Å². The van der Waals surface area contributed by atoms with E-state index in [0.717, 1.165) is 54.8 Å². The second-order valence-electron chi connectivity index (χ2n) is 8.50. The van der Waals surface area contributed by atoms with Crippen LogP contribution in [0.25, 0.3) is 0 Å². The molecule has 5 heterocycles. The second kappa shape index (κ2) is 10.4. The normalized spacial score (nSPS) is 18.7. The number of halogens is 2. The first-order valence-electron chi connectivity index (χ1n) is 11.3. The van der Waals surface area contributed by atoms with Crippen LogP contribution in [0.15, 0.2) is 43.0 Å². The van der Waals surface area contributed by atoms with Crippen molar-refractivity contribution in [2.45, 2.75) is 32.0 Å². The summed E-state index contributed by atoms with van der Waals surface area (Å²) in [6.45, 7) is 6.85. The highest BCUT2D eigenvalue weighted by Gasteiger charge is 2.31. The SMILES string of the molecule is Cc1[nH]ncc1C(c1ccccn1)N1CCN(c2nccnc2N2CCC(F)CC2)CC1.Cl. The third kappa shape index (κ3) is 4.94. The van der Waals surface area contributed by atoms with Gasteiger partial charge in [-0.25, -0.2) is 14.4 Å². The minimum Gasteiger partial charge on any atom is -0.353 e. The molecule has 1 N–H and O–H groups in total. The zero-order valence-corrected chi connectivity index (χ0v) is 19.6. The third-order valence-electron chi connectivity index (χ3n) is 6.49. The fraction of sp³-hybridized carbons (Fsp3) is 0.478. The number of piperidine rings is 1. The lowest BCUT2D eigenvalue weighted by molar-refractivity contribution is 0.208. The molecule has 3 aromatic heterocycles. The molecule has 3 aromatic rings. The Hall–Kier alpha value is -2.78. The van der Waals surface area contributed by atoms with E-state index < -0.39 is 6.17 Å². The van der Waals surface area contributed by atoms with E-state index in [0.29, 0.717) is 25.9 Å². The highest BCUT2D eigenvalue weighted by atomic mass is 35.5.